The summed E-state index contributed by atoms with van der Waals surface area (Å²) in [7, 11) is 0. The number of benzene rings is 1. The van der Waals surface area contributed by atoms with E-state index < -0.39 is 0 Å². The second kappa shape index (κ2) is 7.67. The largest absolute Gasteiger partial charge is 0.297 e. The Labute approximate surface area is 114 Å². The molecule has 0 saturated heterocycles. The van der Waals surface area contributed by atoms with Gasteiger partial charge in [0.15, 0.2) is 6.29 Å². The molecule has 0 bridgehead atoms. The fraction of sp³-hybridized carbons (Fsp3) is 0.308. The first kappa shape index (κ1) is 14.5. The highest BCUT2D eigenvalue weighted by molar-refractivity contribution is 9.10. The van der Waals surface area contributed by atoms with E-state index in [1.54, 1.807) is 12.1 Å². The van der Waals surface area contributed by atoms with E-state index in [1.807, 2.05) is 6.08 Å². The Bertz CT molecular complexity index is 418. The molecule has 17 heavy (non-hydrogen) atoms. The molecule has 92 valence electrons. The molecule has 0 unspecified atom stereocenters. The van der Waals surface area contributed by atoms with E-state index in [-0.39, 0.29) is 5.82 Å². The summed E-state index contributed by atoms with van der Waals surface area (Å²) in [4.78, 5) is 11.5. The number of halogens is 2. The molecule has 0 aromatic heterocycles. The van der Waals surface area contributed by atoms with Crippen LogP contribution in [0.5, 0.6) is 0 Å². The van der Waals surface area contributed by atoms with Gasteiger partial charge in [-0.2, -0.15) is 0 Å². The lowest BCUT2D eigenvalue weighted by atomic mass is 10.2. The molecule has 4 heteroatoms. The number of unbranched alkanes of at least 4 members (excludes halogenated alkanes) is 1. The van der Waals surface area contributed by atoms with Crippen LogP contribution in [0.15, 0.2) is 33.7 Å². The van der Waals surface area contributed by atoms with Gasteiger partial charge in [-0.15, -0.1) is 11.8 Å². The third kappa shape index (κ3) is 5.04. The number of aldehydes is 1. The van der Waals surface area contributed by atoms with Crippen molar-refractivity contribution < 1.29 is 9.18 Å². The van der Waals surface area contributed by atoms with Crippen molar-refractivity contribution in [1.82, 2.24) is 0 Å². The van der Waals surface area contributed by atoms with Crippen molar-refractivity contribution in [1.29, 1.82) is 0 Å². The van der Waals surface area contributed by atoms with E-state index in [1.165, 1.54) is 17.8 Å². The van der Waals surface area contributed by atoms with Gasteiger partial charge in [-0.1, -0.05) is 35.4 Å². The van der Waals surface area contributed by atoms with Gasteiger partial charge in [0.25, 0.3) is 0 Å². The summed E-state index contributed by atoms with van der Waals surface area (Å²) < 4.78 is 14.3. The average Bonchev–Trinajstić information content (AvgIpc) is 2.33. The SMILES string of the molecule is CCC/C=C(/C=O)SCc1cc(Br)ccc1F. The molecule has 0 atom stereocenters. The molecule has 0 aliphatic carbocycles. The fourth-order valence-electron chi connectivity index (χ4n) is 1.24. The first-order chi connectivity index (χ1) is 8.17. The van der Waals surface area contributed by atoms with Gasteiger partial charge in [0.2, 0.25) is 0 Å². The van der Waals surface area contributed by atoms with Gasteiger partial charge < -0.3 is 0 Å². The van der Waals surface area contributed by atoms with Crippen LogP contribution in [0.4, 0.5) is 4.39 Å². The second-order valence-electron chi connectivity index (χ2n) is 3.54. The first-order valence-corrected chi connectivity index (χ1v) is 7.17. The Balaban J connectivity index is 2.65. The lowest BCUT2D eigenvalue weighted by molar-refractivity contribution is -0.104. The van der Waals surface area contributed by atoms with Gasteiger partial charge in [0.05, 0.1) is 0 Å². The summed E-state index contributed by atoms with van der Waals surface area (Å²) in [6.07, 6.45) is 4.61. The van der Waals surface area contributed by atoms with Crippen LogP contribution in [0.25, 0.3) is 0 Å². The predicted octanol–water partition coefficient (Wildman–Crippen LogP) is 4.70. The molecule has 1 aromatic carbocycles. The Kier molecular flexibility index (Phi) is 6.52. The van der Waals surface area contributed by atoms with Crippen LogP contribution in [0.2, 0.25) is 0 Å². The quantitative estimate of drug-likeness (QED) is 0.558. The Morgan fingerprint density at radius 2 is 2.29 bits per heavy atom. The normalized spacial score (nSPS) is 11.6. The van der Waals surface area contributed by atoms with Crippen LogP contribution in [0.1, 0.15) is 25.3 Å². The Morgan fingerprint density at radius 3 is 2.94 bits per heavy atom. The Morgan fingerprint density at radius 1 is 1.53 bits per heavy atom. The molecule has 0 radical (unpaired) electrons. The number of carbonyl (C=O) groups is 1. The molecule has 0 heterocycles. The number of hydrogen-bond acceptors (Lipinski definition) is 2. The van der Waals surface area contributed by atoms with Crippen molar-refractivity contribution in [3.05, 3.63) is 45.0 Å². The minimum Gasteiger partial charge on any atom is -0.297 e. The smallest absolute Gasteiger partial charge is 0.156 e. The molecule has 0 aliphatic heterocycles. The molecule has 0 spiro atoms. The van der Waals surface area contributed by atoms with E-state index >= 15 is 0 Å². The van der Waals surface area contributed by atoms with Crippen LogP contribution in [-0.2, 0) is 10.5 Å². The Hall–Kier alpha value is -0.610. The van der Waals surface area contributed by atoms with Gasteiger partial charge in [-0.25, -0.2) is 4.39 Å². The van der Waals surface area contributed by atoms with Crippen molar-refractivity contribution in [3.8, 4) is 0 Å². The van der Waals surface area contributed by atoms with Crippen LogP contribution in [0.3, 0.4) is 0 Å². The molecule has 0 saturated carbocycles. The fourth-order valence-corrected chi connectivity index (χ4v) is 2.50. The zero-order valence-electron chi connectivity index (χ0n) is 9.58. The molecule has 0 amide bonds. The number of rotatable bonds is 6. The highest BCUT2D eigenvalue weighted by Crippen LogP contribution is 2.24. The third-order valence-electron chi connectivity index (χ3n) is 2.15. The van der Waals surface area contributed by atoms with Crippen LogP contribution in [-0.4, -0.2) is 6.29 Å². The minimum atomic E-state index is -0.235. The molecular weight excluding hydrogens is 303 g/mol. The summed E-state index contributed by atoms with van der Waals surface area (Å²) in [5, 5.41) is 0. The summed E-state index contributed by atoms with van der Waals surface area (Å²) in [6, 6.07) is 4.83. The van der Waals surface area contributed by atoms with Crippen molar-refractivity contribution in [2.24, 2.45) is 0 Å². The van der Waals surface area contributed by atoms with Gasteiger partial charge in [0.1, 0.15) is 5.82 Å². The van der Waals surface area contributed by atoms with E-state index in [0.717, 1.165) is 23.6 Å². The maximum Gasteiger partial charge on any atom is 0.156 e. The monoisotopic (exact) mass is 316 g/mol. The van der Waals surface area contributed by atoms with Crippen LogP contribution < -0.4 is 0 Å². The van der Waals surface area contributed by atoms with Crippen molar-refractivity contribution in [2.75, 3.05) is 0 Å². The molecule has 1 rings (SSSR count). The molecular formula is C13H14BrFOS. The van der Waals surface area contributed by atoms with E-state index in [2.05, 4.69) is 22.9 Å². The van der Waals surface area contributed by atoms with E-state index in [0.29, 0.717) is 16.2 Å². The van der Waals surface area contributed by atoms with E-state index in [4.69, 9.17) is 0 Å². The van der Waals surface area contributed by atoms with Crippen molar-refractivity contribution in [3.63, 3.8) is 0 Å². The summed E-state index contributed by atoms with van der Waals surface area (Å²) in [5.41, 5.74) is 0.605. The molecule has 0 fully saturated rings. The maximum absolute atomic E-state index is 13.4. The van der Waals surface area contributed by atoms with E-state index in [9.17, 15) is 9.18 Å². The summed E-state index contributed by atoms with van der Waals surface area (Å²) >= 11 is 4.67. The van der Waals surface area contributed by atoms with Crippen LogP contribution >= 0.6 is 27.7 Å². The predicted molar refractivity (Wildman–Crippen MR) is 74.5 cm³/mol. The topological polar surface area (TPSA) is 17.1 Å². The van der Waals surface area contributed by atoms with Crippen LogP contribution in [0, 0.1) is 5.82 Å². The zero-order chi connectivity index (χ0) is 12.7. The summed E-state index contributed by atoms with van der Waals surface area (Å²) in [5.74, 6) is 0.237. The maximum atomic E-state index is 13.4. The van der Waals surface area contributed by atoms with Crippen molar-refractivity contribution in [2.45, 2.75) is 25.5 Å². The molecule has 0 aliphatic rings. The summed E-state index contributed by atoms with van der Waals surface area (Å²) in [6.45, 7) is 2.05. The molecule has 0 N–H and O–H groups in total. The molecule has 1 nitrogen and oxygen atoms in total. The van der Waals surface area contributed by atoms with Gasteiger partial charge in [-0.05, 0) is 30.2 Å². The lowest BCUT2D eigenvalue weighted by Crippen LogP contribution is -1.89. The average molecular weight is 317 g/mol. The highest BCUT2D eigenvalue weighted by Gasteiger charge is 2.04. The minimum absolute atomic E-state index is 0.235. The van der Waals surface area contributed by atoms with Gasteiger partial charge >= 0.3 is 0 Å². The first-order valence-electron chi connectivity index (χ1n) is 5.39. The van der Waals surface area contributed by atoms with Gasteiger partial charge in [0, 0.05) is 15.1 Å². The number of thioether (sulfide) groups is 1. The number of carbonyl (C=O) groups excluding carboxylic acids is 1. The number of allylic oxidation sites excluding steroid dienone is 2. The van der Waals surface area contributed by atoms with Gasteiger partial charge in [-0.3, -0.25) is 4.79 Å². The molecule has 1 aromatic rings. The second-order valence-corrected chi connectivity index (χ2v) is 5.50. The number of hydrogen-bond donors (Lipinski definition) is 0. The zero-order valence-corrected chi connectivity index (χ0v) is 12.0. The standard InChI is InChI=1S/C13H14BrFOS/c1-2-3-4-12(8-16)17-9-10-7-11(14)5-6-13(10)15/h4-8H,2-3,9H2,1H3/b12-4-. The lowest BCUT2D eigenvalue weighted by Gasteiger charge is -2.03. The highest BCUT2D eigenvalue weighted by atomic mass is 79.9. The third-order valence-corrected chi connectivity index (χ3v) is 3.70. The van der Waals surface area contributed by atoms with Crippen molar-refractivity contribution >= 4 is 34.0 Å².